The van der Waals surface area contributed by atoms with E-state index in [-0.39, 0.29) is 11.5 Å². The Morgan fingerprint density at radius 3 is 2.76 bits per heavy atom. The summed E-state index contributed by atoms with van der Waals surface area (Å²) in [4.78, 5) is 12.7. The van der Waals surface area contributed by atoms with Gasteiger partial charge in [0.2, 0.25) is 0 Å². The number of ketones is 1. The maximum absolute atomic E-state index is 11.3. The third-order valence-corrected chi connectivity index (χ3v) is 3.13. The van der Waals surface area contributed by atoms with Crippen LogP contribution >= 0.6 is 0 Å². The molecule has 4 heteroatoms. The Balaban J connectivity index is 2.13. The molecule has 0 aromatic heterocycles. The number of phenols is 1. The fraction of sp³-hybridized carbons (Fsp3) is 0.462. The quantitative estimate of drug-likeness (QED) is 0.727. The maximum atomic E-state index is 11.3. The highest BCUT2D eigenvalue weighted by molar-refractivity contribution is 5.94. The van der Waals surface area contributed by atoms with Crippen LogP contribution in [0.2, 0.25) is 0 Å². The van der Waals surface area contributed by atoms with E-state index >= 15 is 0 Å². The highest BCUT2D eigenvalue weighted by atomic mass is 16.5. The molecule has 1 aromatic carbocycles. The number of carbonyl (C=O) groups excluding carboxylic acids is 1. The molecule has 2 rings (SSSR count). The van der Waals surface area contributed by atoms with Crippen molar-refractivity contribution in [3.63, 3.8) is 0 Å². The van der Waals surface area contributed by atoms with E-state index in [9.17, 15) is 9.90 Å². The average molecular weight is 236 g/mol. The number of hydrogen-bond donors (Lipinski definition) is 2. The van der Waals surface area contributed by atoms with Crippen LogP contribution in [0.15, 0.2) is 18.2 Å². The first-order chi connectivity index (χ1) is 8.16. The van der Waals surface area contributed by atoms with E-state index in [2.05, 4.69) is 0 Å². The number of nitrogens with one attached hydrogen (secondary N) is 1. The molecule has 17 heavy (non-hydrogen) atoms. The van der Waals surface area contributed by atoms with Crippen LogP contribution in [-0.4, -0.2) is 37.2 Å². The van der Waals surface area contributed by atoms with E-state index in [0.717, 1.165) is 38.4 Å². The Morgan fingerprint density at radius 1 is 1.41 bits per heavy atom. The number of morpholine rings is 1. The molecule has 1 saturated heterocycles. The van der Waals surface area contributed by atoms with Crippen molar-refractivity contribution in [2.75, 3.05) is 26.3 Å². The van der Waals surface area contributed by atoms with Crippen LogP contribution in [0.25, 0.3) is 0 Å². The highest BCUT2D eigenvalue weighted by Gasteiger charge is 2.16. The minimum Gasteiger partial charge on any atom is -0.507 e. The summed E-state index contributed by atoms with van der Waals surface area (Å²) in [6, 6.07) is 5.06. The van der Waals surface area contributed by atoms with Gasteiger partial charge in [-0.2, -0.15) is 0 Å². The van der Waals surface area contributed by atoms with Crippen LogP contribution in [0.4, 0.5) is 0 Å². The van der Waals surface area contributed by atoms with E-state index < -0.39 is 0 Å². The summed E-state index contributed by atoms with van der Waals surface area (Å²) in [7, 11) is 0. The van der Waals surface area contributed by atoms with Crippen molar-refractivity contribution >= 4 is 5.78 Å². The molecule has 0 atom stereocenters. The van der Waals surface area contributed by atoms with Gasteiger partial charge in [-0.25, -0.2) is 0 Å². The number of benzene rings is 1. The Kier molecular flexibility index (Phi) is 3.76. The van der Waals surface area contributed by atoms with Gasteiger partial charge in [-0.3, -0.25) is 4.79 Å². The zero-order valence-electron chi connectivity index (χ0n) is 10.0. The molecule has 4 nitrogen and oxygen atoms in total. The maximum Gasteiger partial charge on any atom is 0.159 e. The molecule has 0 radical (unpaired) electrons. The second-order valence-corrected chi connectivity index (χ2v) is 4.44. The molecule has 1 aliphatic rings. The zero-order valence-corrected chi connectivity index (χ0v) is 10.0. The van der Waals surface area contributed by atoms with Crippen LogP contribution in [0.1, 0.15) is 22.8 Å². The lowest BCUT2D eigenvalue weighted by Crippen LogP contribution is -3.12. The van der Waals surface area contributed by atoms with E-state index in [0.29, 0.717) is 5.56 Å². The predicted molar refractivity (Wildman–Crippen MR) is 63.3 cm³/mol. The molecule has 0 aliphatic carbocycles. The molecule has 0 saturated carbocycles. The van der Waals surface area contributed by atoms with Crippen LogP contribution in [0.3, 0.4) is 0 Å². The first-order valence-electron chi connectivity index (χ1n) is 5.91. The van der Waals surface area contributed by atoms with Crippen molar-refractivity contribution in [2.45, 2.75) is 13.5 Å². The molecule has 0 unspecified atom stereocenters. The van der Waals surface area contributed by atoms with E-state index in [4.69, 9.17) is 4.74 Å². The number of hydrogen-bond acceptors (Lipinski definition) is 3. The first-order valence-corrected chi connectivity index (χ1v) is 5.91. The number of Topliss-reactive ketones (excluding diaryl/α,β-unsaturated/α-hetero) is 1. The van der Waals surface area contributed by atoms with E-state index in [1.54, 1.807) is 18.2 Å². The normalized spacial score (nSPS) is 17.0. The number of quaternary nitrogens is 1. The first kappa shape index (κ1) is 12.1. The minimum atomic E-state index is 0.0308. The third kappa shape index (κ3) is 3.05. The van der Waals surface area contributed by atoms with Gasteiger partial charge in [-0.1, -0.05) is 0 Å². The summed E-state index contributed by atoms with van der Waals surface area (Å²) in [5.41, 5.74) is 1.50. The lowest BCUT2D eigenvalue weighted by Gasteiger charge is -2.24. The Bertz CT molecular complexity index is 411. The molecular formula is C13H18NO3+. The van der Waals surface area contributed by atoms with Gasteiger partial charge in [-0.05, 0) is 25.1 Å². The molecule has 0 bridgehead atoms. The number of rotatable bonds is 3. The summed E-state index contributed by atoms with van der Waals surface area (Å²) in [6.07, 6.45) is 0. The highest BCUT2D eigenvalue weighted by Crippen LogP contribution is 2.17. The van der Waals surface area contributed by atoms with Crippen LogP contribution in [0.5, 0.6) is 5.75 Å². The van der Waals surface area contributed by atoms with Crippen molar-refractivity contribution < 1.29 is 19.5 Å². The predicted octanol–water partition coefficient (Wildman–Crippen LogP) is 0.00990. The lowest BCUT2D eigenvalue weighted by atomic mass is 10.1. The zero-order chi connectivity index (χ0) is 12.3. The van der Waals surface area contributed by atoms with Crippen LogP contribution in [0, 0.1) is 0 Å². The molecule has 0 amide bonds. The molecule has 2 N–H and O–H groups in total. The van der Waals surface area contributed by atoms with Crippen LogP contribution in [-0.2, 0) is 11.3 Å². The van der Waals surface area contributed by atoms with Crippen molar-refractivity contribution in [1.29, 1.82) is 0 Å². The van der Waals surface area contributed by atoms with Gasteiger partial charge >= 0.3 is 0 Å². The second-order valence-electron chi connectivity index (χ2n) is 4.44. The standard InChI is InChI=1S/C13H17NO3/c1-10(15)11-2-3-13(16)12(8-11)9-14-4-6-17-7-5-14/h2-3,8,16H,4-7,9H2,1H3/p+1. The monoisotopic (exact) mass is 236 g/mol. The van der Waals surface area contributed by atoms with Gasteiger partial charge in [0.15, 0.2) is 5.78 Å². The fourth-order valence-electron chi connectivity index (χ4n) is 2.05. The SMILES string of the molecule is CC(=O)c1ccc(O)c(C[NH+]2CCOCC2)c1. The second kappa shape index (κ2) is 5.29. The number of carbonyl (C=O) groups is 1. The molecule has 1 aliphatic heterocycles. The fourth-order valence-corrected chi connectivity index (χ4v) is 2.05. The van der Waals surface area contributed by atoms with Crippen molar-refractivity contribution in [1.82, 2.24) is 0 Å². The molecule has 1 heterocycles. The Labute approximate surface area is 101 Å². The summed E-state index contributed by atoms with van der Waals surface area (Å²) in [5.74, 6) is 0.303. The summed E-state index contributed by atoms with van der Waals surface area (Å²) in [5, 5.41) is 9.79. The molecular weight excluding hydrogens is 218 g/mol. The smallest absolute Gasteiger partial charge is 0.159 e. The molecule has 0 spiro atoms. The van der Waals surface area contributed by atoms with Crippen LogP contribution < -0.4 is 4.90 Å². The lowest BCUT2D eigenvalue weighted by molar-refractivity contribution is -0.921. The Morgan fingerprint density at radius 2 is 2.12 bits per heavy atom. The topological polar surface area (TPSA) is 51.0 Å². The van der Waals surface area contributed by atoms with Gasteiger partial charge in [0.05, 0.1) is 13.2 Å². The van der Waals surface area contributed by atoms with Gasteiger partial charge in [0.1, 0.15) is 25.4 Å². The largest absolute Gasteiger partial charge is 0.507 e. The van der Waals surface area contributed by atoms with Gasteiger partial charge in [0, 0.05) is 11.1 Å². The van der Waals surface area contributed by atoms with Gasteiger partial charge in [-0.15, -0.1) is 0 Å². The third-order valence-electron chi connectivity index (χ3n) is 3.13. The molecule has 1 fully saturated rings. The van der Waals surface area contributed by atoms with E-state index in [1.807, 2.05) is 0 Å². The number of phenolic OH excluding ortho intramolecular Hbond substituents is 1. The number of aromatic hydroxyl groups is 1. The minimum absolute atomic E-state index is 0.0308. The summed E-state index contributed by atoms with van der Waals surface area (Å²) >= 11 is 0. The summed E-state index contributed by atoms with van der Waals surface area (Å²) < 4.78 is 5.29. The van der Waals surface area contributed by atoms with Crippen molar-refractivity contribution in [2.24, 2.45) is 0 Å². The number of ether oxygens (including phenoxy) is 1. The molecule has 1 aromatic rings. The summed E-state index contributed by atoms with van der Waals surface area (Å²) in [6.45, 7) is 5.71. The van der Waals surface area contributed by atoms with Crippen molar-refractivity contribution in [3.8, 4) is 5.75 Å². The molecule has 92 valence electrons. The Hall–Kier alpha value is -1.39. The van der Waals surface area contributed by atoms with Gasteiger partial charge < -0.3 is 14.7 Å². The van der Waals surface area contributed by atoms with Gasteiger partial charge in [0.25, 0.3) is 0 Å². The van der Waals surface area contributed by atoms with Crippen molar-refractivity contribution in [3.05, 3.63) is 29.3 Å². The average Bonchev–Trinajstić information content (AvgIpc) is 2.33. The van der Waals surface area contributed by atoms with E-state index in [1.165, 1.54) is 11.8 Å².